The molecule has 0 aromatic carbocycles. The van der Waals surface area contributed by atoms with Crippen molar-refractivity contribution < 1.29 is 19.4 Å². The molecule has 2 heterocycles. The Balaban J connectivity index is 1.92. The first-order valence-corrected chi connectivity index (χ1v) is 5.53. The number of ether oxygens (including phenoxy) is 1. The zero-order valence-electron chi connectivity index (χ0n) is 9.09. The molecular weight excluding hydrogens is 212 g/mol. The van der Waals surface area contributed by atoms with E-state index in [0.717, 1.165) is 12.8 Å². The minimum atomic E-state index is -0.956. The normalized spacial score (nSPS) is 22.9. The minimum Gasteiger partial charge on any atom is -0.480 e. The molecule has 0 aliphatic carbocycles. The first kappa shape index (κ1) is 11.2. The van der Waals surface area contributed by atoms with Crippen LogP contribution in [0.1, 0.15) is 12.8 Å². The predicted molar refractivity (Wildman–Crippen MR) is 55.2 cm³/mol. The van der Waals surface area contributed by atoms with E-state index in [1.54, 1.807) is 4.90 Å². The largest absolute Gasteiger partial charge is 0.480 e. The van der Waals surface area contributed by atoms with Crippen molar-refractivity contribution in [2.24, 2.45) is 0 Å². The summed E-state index contributed by atoms with van der Waals surface area (Å²) in [7, 11) is 0. The van der Waals surface area contributed by atoms with Crippen molar-refractivity contribution in [2.45, 2.75) is 18.9 Å². The van der Waals surface area contributed by atoms with Gasteiger partial charge in [-0.3, -0.25) is 4.79 Å². The van der Waals surface area contributed by atoms with Crippen LogP contribution < -0.4 is 0 Å². The van der Waals surface area contributed by atoms with E-state index in [2.05, 4.69) is 0 Å². The number of carbonyl (C=O) groups is 2. The molecule has 0 unspecified atom stereocenters. The van der Waals surface area contributed by atoms with Crippen LogP contribution in [0.2, 0.25) is 0 Å². The van der Waals surface area contributed by atoms with Gasteiger partial charge in [-0.15, -0.1) is 0 Å². The number of hydrogen-bond acceptors (Lipinski definition) is 3. The fourth-order valence-electron chi connectivity index (χ4n) is 2.25. The highest BCUT2D eigenvalue weighted by Gasteiger charge is 2.34. The van der Waals surface area contributed by atoms with Crippen molar-refractivity contribution in [3.05, 3.63) is 0 Å². The Morgan fingerprint density at radius 2 is 2.06 bits per heavy atom. The second kappa shape index (κ2) is 4.69. The lowest BCUT2D eigenvalue weighted by atomic mass is 10.1. The Hall–Kier alpha value is -1.30. The van der Waals surface area contributed by atoms with Gasteiger partial charge in [-0.25, -0.2) is 4.79 Å². The van der Waals surface area contributed by atoms with Crippen LogP contribution in [-0.4, -0.2) is 65.8 Å². The molecule has 6 heteroatoms. The third-order valence-corrected chi connectivity index (χ3v) is 3.08. The van der Waals surface area contributed by atoms with Crippen LogP contribution in [0.4, 0.5) is 4.79 Å². The summed E-state index contributed by atoms with van der Waals surface area (Å²) in [5.41, 5.74) is 0. The van der Waals surface area contributed by atoms with Crippen molar-refractivity contribution in [3.8, 4) is 0 Å². The van der Waals surface area contributed by atoms with E-state index in [-0.39, 0.29) is 18.6 Å². The zero-order chi connectivity index (χ0) is 11.5. The molecule has 2 aliphatic heterocycles. The Kier molecular flexibility index (Phi) is 3.28. The van der Waals surface area contributed by atoms with Gasteiger partial charge in [0.15, 0.2) is 0 Å². The Morgan fingerprint density at radius 3 is 2.69 bits per heavy atom. The summed E-state index contributed by atoms with van der Waals surface area (Å²) in [4.78, 5) is 25.6. The number of aliphatic carboxylic acids is 1. The van der Waals surface area contributed by atoms with Crippen molar-refractivity contribution in [2.75, 3.05) is 32.8 Å². The molecule has 0 aromatic heterocycles. The van der Waals surface area contributed by atoms with Crippen LogP contribution in [0.15, 0.2) is 0 Å². The molecule has 0 spiro atoms. The molecule has 16 heavy (non-hydrogen) atoms. The van der Waals surface area contributed by atoms with Gasteiger partial charge >= 0.3 is 12.0 Å². The van der Waals surface area contributed by atoms with Gasteiger partial charge in [0.25, 0.3) is 0 Å². The highest BCUT2D eigenvalue weighted by Crippen LogP contribution is 2.19. The molecule has 0 atom stereocenters. The highest BCUT2D eigenvalue weighted by atomic mass is 16.5. The van der Waals surface area contributed by atoms with Crippen LogP contribution in [-0.2, 0) is 9.53 Å². The van der Waals surface area contributed by atoms with Crippen molar-refractivity contribution in [3.63, 3.8) is 0 Å². The number of carboxylic acid groups (broad SMARTS) is 1. The zero-order valence-corrected chi connectivity index (χ0v) is 9.09. The van der Waals surface area contributed by atoms with Crippen molar-refractivity contribution in [1.82, 2.24) is 9.80 Å². The second-order valence-electron chi connectivity index (χ2n) is 4.13. The smallest absolute Gasteiger partial charge is 0.323 e. The average molecular weight is 228 g/mol. The molecule has 0 saturated carbocycles. The standard InChI is InChI=1S/C10H16N2O4/c13-9(14)7-11-3-4-12(10(11)15)8-1-5-16-6-2-8/h8H,1-7H2,(H,13,14). The monoisotopic (exact) mass is 228 g/mol. The number of hydrogen-bond donors (Lipinski definition) is 1. The van der Waals surface area contributed by atoms with E-state index in [9.17, 15) is 9.59 Å². The van der Waals surface area contributed by atoms with Gasteiger partial charge in [0.1, 0.15) is 6.54 Å². The molecule has 6 nitrogen and oxygen atoms in total. The molecule has 2 saturated heterocycles. The van der Waals surface area contributed by atoms with Gasteiger partial charge in [-0.2, -0.15) is 0 Å². The predicted octanol–water partition coefficient (Wildman–Crippen LogP) is -0.0124. The van der Waals surface area contributed by atoms with Crippen LogP contribution in [0.25, 0.3) is 0 Å². The Bertz CT molecular complexity index is 289. The lowest BCUT2D eigenvalue weighted by Gasteiger charge is -2.30. The lowest BCUT2D eigenvalue weighted by Crippen LogP contribution is -2.43. The molecule has 90 valence electrons. The number of urea groups is 1. The first-order chi connectivity index (χ1) is 7.68. The van der Waals surface area contributed by atoms with E-state index in [1.807, 2.05) is 0 Å². The summed E-state index contributed by atoms with van der Waals surface area (Å²) in [6.07, 6.45) is 1.71. The molecule has 2 rings (SSSR count). The van der Waals surface area contributed by atoms with E-state index >= 15 is 0 Å². The number of rotatable bonds is 3. The van der Waals surface area contributed by atoms with Crippen LogP contribution >= 0.6 is 0 Å². The number of carbonyl (C=O) groups excluding carboxylic acids is 1. The van der Waals surface area contributed by atoms with Gasteiger partial charge in [-0.1, -0.05) is 0 Å². The summed E-state index contributed by atoms with van der Waals surface area (Å²) < 4.78 is 5.24. The van der Waals surface area contributed by atoms with Gasteiger partial charge in [-0.05, 0) is 12.8 Å². The van der Waals surface area contributed by atoms with Gasteiger partial charge in [0.2, 0.25) is 0 Å². The van der Waals surface area contributed by atoms with Gasteiger partial charge < -0.3 is 19.6 Å². The number of amides is 2. The lowest BCUT2D eigenvalue weighted by molar-refractivity contribution is -0.137. The third-order valence-electron chi connectivity index (χ3n) is 3.08. The summed E-state index contributed by atoms with van der Waals surface area (Å²) in [6, 6.07) is 0.0781. The van der Waals surface area contributed by atoms with Crippen molar-refractivity contribution >= 4 is 12.0 Å². The van der Waals surface area contributed by atoms with Crippen LogP contribution in [0, 0.1) is 0 Å². The second-order valence-corrected chi connectivity index (χ2v) is 4.13. The topological polar surface area (TPSA) is 70.1 Å². The summed E-state index contributed by atoms with van der Waals surface area (Å²) >= 11 is 0. The van der Waals surface area contributed by atoms with Gasteiger partial charge in [0.05, 0.1) is 0 Å². The van der Waals surface area contributed by atoms with E-state index in [0.29, 0.717) is 26.3 Å². The highest BCUT2D eigenvalue weighted by molar-refractivity contribution is 5.81. The molecule has 0 radical (unpaired) electrons. The molecule has 2 fully saturated rings. The molecule has 2 amide bonds. The fourth-order valence-corrected chi connectivity index (χ4v) is 2.25. The molecule has 0 bridgehead atoms. The fraction of sp³-hybridized carbons (Fsp3) is 0.800. The molecular formula is C10H16N2O4. The maximum absolute atomic E-state index is 11.9. The maximum Gasteiger partial charge on any atom is 0.323 e. The first-order valence-electron chi connectivity index (χ1n) is 5.53. The SMILES string of the molecule is O=C(O)CN1CCN(C2CCOCC2)C1=O. The number of nitrogens with zero attached hydrogens (tertiary/aromatic N) is 2. The van der Waals surface area contributed by atoms with E-state index in [1.165, 1.54) is 4.90 Å². The average Bonchev–Trinajstić information content (AvgIpc) is 2.61. The van der Waals surface area contributed by atoms with Crippen molar-refractivity contribution in [1.29, 1.82) is 0 Å². The third kappa shape index (κ3) is 2.27. The van der Waals surface area contributed by atoms with E-state index in [4.69, 9.17) is 9.84 Å². The summed E-state index contributed by atoms with van der Waals surface area (Å²) in [5, 5.41) is 8.66. The molecule has 1 N–H and O–H groups in total. The maximum atomic E-state index is 11.9. The minimum absolute atomic E-state index is 0.144. The molecule has 0 aromatic rings. The summed E-state index contributed by atoms with van der Waals surface area (Å²) in [6.45, 7) is 2.33. The summed E-state index contributed by atoms with van der Waals surface area (Å²) in [5.74, 6) is -0.956. The van der Waals surface area contributed by atoms with Crippen LogP contribution in [0.3, 0.4) is 0 Å². The van der Waals surface area contributed by atoms with Crippen LogP contribution in [0.5, 0.6) is 0 Å². The quantitative estimate of drug-likeness (QED) is 0.737. The molecule has 2 aliphatic rings. The van der Waals surface area contributed by atoms with Gasteiger partial charge in [0, 0.05) is 32.3 Å². The van der Waals surface area contributed by atoms with E-state index < -0.39 is 5.97 Å². The number of carboxylic acids is 1. The Morgan fingerprint density at radius 1 is 1.38 bits per heavy atom. The Labute approximate surface area is 93.8 Å².